The second-order valence-corrected chi connectivity index (χ2v) is 6.96. The highest BCUT2D eigenvalue weighted by Gasteiger charge is 2.44. The molecule has 0 spiro atoms. The number of likely N-dealkylation sites (tertiary alicyclic amines) is 2. The molecule has 2 saturated heterocycles. The van der Waals surface area contributed by atoms with Gasteiger partial charge in [-0.05, 0) is 49.9 Å². The van der Waals surface area contributed by atoms with E-state index in [9.17, 15) is 4.79 Å². The largest absolute Gasteiger partial charge is 0.491 e. The molecule has 0 aromatic heterocycles. The van der Waals surface area contributed by atoms with Gasteiger partial charge in [0.05, 0.1) is 6.61 Å². The first-order chi connectivity index (χ1) is 11.6. The van der Waals surface area contributed by atoms with Crippen LogP contribution in [0.3, 0.4) is 0 Å². The maximum absolute atomic E-state index is 11.1. The van der Waals surface area contributed by atoms with Crippen LogP contribution in [0, 0.1) is 13.8 Å². The van der Waals surface area contributed by atoms with Crippen molar-refractivity contribution in [1.29, 1.82) is 0 Å². The van der Waals surface area contributed by atoms with Crippen molar-refractivity contribution in [3.05, 3.63) is 28.8 Å². The first-order valence-electron chi connectivity index (χ1n) is 8.75. The number of methoxy groups -OCH3 is 1. The van der Waals surface area contributed by atoms with Crippen LogP contribution in [0.1, 0.15) is 36.1 Å². The van der Waals surface area contributed by atoms with E-state index < -0.39 is 0 Å². The monoisotopic (exact) mass is 332 g/mol. The molecule has 2 fully saturated rings. The molecular weight excluding hydrogens is 304 g/mol. The quantitative estimate of drug-likeness (QED) is 0.568. The number of carbonyl (C=O) groups is 1. The minimum Gasteiger partial charge on any atom is -0.491 e. The zero-order valence-corrected chi connectivity index (χ0v) is 15.1. The Hall–Kier alpha value is -1.59. The Kier molecular flexibility index (Phi) is 5.11. The van der Waals surface area contributed by atoms with Crippen molar-refractivity contribution in [2.75, 3.05) is 33.4 Å². The lowest BCUT2D eigenvalue weighted by atomic mass is 9.96. The standard InChI is InChI=1S/C19H28N2O3/c1-13-14(2)19(24-8-7-23-4)6-5-18(13)15(3)21-11-16-9-17(21)10-20(16)12-22/h5-6,12,15-17H,7-11H2,1-4H3/t15-,16-,17-/m0/s1. The molecule has 5 nitrogen and oxygen atoms in total. The molecule has 0 radical (unpaired) electrons. The minimum atomic E-state index is 0.362. The van der Waals surface area contributed by atoms with E-state index in [1.165, 1.54) is 16.7 Å². The predicted molar refractivity (Wildman–Crippen MR) is 93.4 cm³/mol. The van der Waals surface area contributed by atoms with Gasteiger partial charge in [-0.2, -0.15) is 0 Å². The van der Waals surface area contributed by atoms with Crippen LogP contribution in [0.2, 0.25) is 0 Å². The van der Waals surface area contributed by atoms with Gasteiger partial charge in [0.1, 0.15) is 12.4 Å². The Labute approximate surface area is 144 Å². The summed E-state index contributed by atoms with van der Waals surface area (Å²) in [6, 6.07) is 5.52. The van der Waals surface area contributed by atoms with Gasteiger partial charge in [-0.25, -0.2) is 0 Å². The molecule has 0 N–H and O–H groups in total. The van der Waals surface area contributed by atoms with Gasteiger partial charge in [0.2, 0.25) is 6.41 Å². The van der Waals surface area contributed by atoms with Gasteiger partial charge in [-0.3, -0.25) is 9.69 Å². The zero-order valence-electron chi connectivity index (χ0n) is 15.1. The number of ether oxygens (including phenoxy) is 2. The van der Waals surface area contributed by atoms with Crippen molar-refractivity contribution in [2.24, 2.45) is 0 Å². The number of piperazine rings is 1. The summed E-state index contributed by atoms with van der Waals surface area (Å²) in [6.45, 7) is 9.60. The maximum Gasteiger partial charge on any atom is 0.210 e. The van der Waals surface area contributed by atoms with Crippen LogP contribution in [0.15, 0.2) is 12.1 Å². The smallest absolute Gasteiger partial charge is 0.210 e. The van der Waals surface area contributed by atoms with Crippen LogP contribution >= 0.6 is 0 Å². The normalized spacial score (nSPS) is 24.4. The fraction of sp³-hybridized carbons (Fsp3) is 0.632. The summed E-state index contributed by atoms with van der Waals surface area (Å²) in [5, 5.41) is 0. The van der Waals surface area contributed by atoms with Crippen molar-refractivity contribution < 1.29 is 14.3 Å². The second kappa shape index (κ2) is 7.11. The number of benzene rings is 1. The van der Waals surface area contributed by atoms with Gasteiger partial charge in [0, 0.05) is 38.3 Å². The van der Waals surface area contributed by atoms with E-state index in [1.807, 2.05) is 4.90 Å². The minimum absolute atomic E-state index is 0.362. The zero-order chi connectivity index (χ0) is 17.3. The van der Waals surface area contributed by atoms with Crippen LogP contribution in [0.25, 0.3) is 0 Å². The van der Waals surface area contributed by atoms with Crippen LogP contribution in [-0.2, 0) is 9.53 Å². The first-order valence-corrected chi connectivity index (χ1v) is 8.75. The number of rotatable bonds is 7. The SMILES string of the molecule is COCCOc1ccc([C@H](C)N2C[C@@H]3C[C@H]2CN3C=O)c(C)c1C. The van der Waals surface area contributed by atoms with Gasteiger partial charge < -0.3 is 14.4 Å². The summed E-state index contributed by atoms with van der Waals surface area (Å²) in [5.74, 6) is 0.940. The summed E-state index contributed by atoms with van der Waals surface area (Å²) < 4.78 is 10.9. The van der Waals surface area contributed by atoms with Gasteiger partial charge in [0.25, 0.3) is 0 Å². The third-order valence-electron chi connectivity index (χ3n) is 5.73. The molecule has 2 bridgehead atoms. The van der Waals surface area contributed by atoms with Gasteiger partial charge in [-0.15, -0.1) is 0 Å². The highest BCUT2D eigenvalue weighted by molar-refractivity contribution is 5.50. The topological polar surface area (TPSA) is 42.0 Å². The van der Waals surface area contributed by atoms with E-state index in [-0.39, 0.29) is 0 Å². The molecule has 0 unspecified atom stereocenters. The molecule has 0 aliphatic carbocycles. The molecule has 1 amide bonds. The van der Waals surface area contributed by atoms with Crippen LogP contribution in [-0.4, -0.2) is 61.7 Å². The molecule has 1 aromatic rings. The third-order valence-corrected chi connectivity index (χ3v) is 5.73. The summed E-state index contributed by atoms with van der Waals surface area (Å²) in [7, 11) is 1.68. The molecule has 2 heterocycles. The fourth-order valence-electron chi connectivity index (χ4n) is 4.17. The van der Waals surface area contributed by atoms with Gasteiger partial charge >= 0.3 is 0 Å². The van der Waals surface area contributed by atoms with Gasteiger partial charge in [0.15, 0.2) is 0 Å². The number of hydrogen-bond donors (Lipinski definition) is 0. The number of hydrogen-bond acceptors (Lipinski definition) is 4. The van der Waals surface area contributed by atoms with Crippen molar-refractivity contribution in [3.63, 3.8) is 0 Å². The lowest BCUT2D eigenvalue weighted by Gasteiger charge is -2.37. The number of amides is 1. The number of carbonyl (C=O) groups excluding carboxylic acids is 1. The Morgan fingerprint density at radius 3 is 2.62 bits per heavy atom. The predicted octanol–water partition coefficient (Wildman–Crippen LogP) is 2.30. The second-order valence-electron chi connectivity index (χ2n) is 6.96. The Morgan fingerprint density at radius 1 is 1.21 bits per heavy atom. The Balaban J connectivity index is 1.73. The number of fused-ring (bicyclic) bond motifs is 2. The van der Waals surface area contributed by atoms with E-state index in [4.69, 9.17) is 9.47 Å². The summed E-state index contributed by atoms with van der Waals surface area (Å²) in [4.78, 5) is 15.6. The van der Waals surface area contributed by atoms with E-state index in [1.54, 1.807) is 7.11 Å². The Morgan fingerprint density at radius 2 is 2.00 bits per heavy atom. The van der Waals surface area contributed by atoms with Crippen LogP contribution in [0.5, 0.6) is 5.75 Å². The number of nitrogens with zero attached hydrogens (tertiary/aromatic N) is 2. The van der Waals surface area contributed by atoms with E-state index >= 15 is 0 Å². The molecule has 0 saturated carbocycles. The average Bonchev–Trinajstić information content (AvgIpc) is 3.18. The van der Waals surface area contributed by atoms with Crippen LogP contribution < -0.4 is 4.74 Å². The van der Waals surface area contributed by atoms with E-state index in [0.717, 1.165) is 31.7 Å². The van der Waals surface area contributed by atoms with Crippen molar-refractivity contribution in [3.8, 4) is 5.75 Å². The summed E-state index contributed by atoms with van der Waals surface area (Å²) in [5.41, 5.74) is 3.86. The van der Waals surface area contributed by atoms with Crippen molar-refractivity contribution in [2.45, 2.75) is 45.3 Å². The molecular formula is C19H28N2O3. The summed E-state index contributed by atoms with van der Waals surface area (Å²) in [6.07, 6.45) is 2.12. The molecule has 2 aliphatic rings. The van der Waals surface area contributed by atoms with E-state index in [2.05, 4.69) is 37.8 Å². The van der Waals surface area contributed by atoms with Crippen molar-refractivity contribution >= 4 is 6.41 Å². The van der Waals surface area contributed by atoms with E-state index in [0.29, 0.717) is 31.3 Å². The lowest BCUT2D eigenvalue weighted by Crippen LogP contribution is -2.46. The molecule has 1 aromatic carbocycles. The maximum atomic E-state index is 11.1. The fourth-order valence-corrected chi connectivity index (χ4v) is 4.17. The van der Waals surface area contributed by atoms with Crippen LogP contribution in [0.4, 0.5) is 0 Å². The first kappa shape index (κ1) is 17.2. The Bertz CT molecular complexity index is 605. The third kappa shape index (κ3) is 3.03. The molecule has 132 valence electrons. The molecule has 2 aliphatic heterocycles. The molecule has 3 rings (SSSR count). The lowest BCUT2D eigenvalue weighted by molar-refractivity contribution is -0.120. The molecule has 5 heteroatoms. The van der Waals surface area contributed by atoms with Crippen molar-refractivity contribution in [1.82, 2.24) is 9.80 Å². The van der Waals surface area contributed by atoms with Gasteiger partial charge in [-0.1, -0.05) is 6.07 Å². The molecule has 3 atom stereocenters. The highest BCUT2D eigenvalue weighted by Crippen LogP contribution is 2.38. The summed E-state index contributed by atoms with van der Waals surface area (Å²) >= 11 is 0. The highest BCUT2D eigenvalue weighted by atomic mass is 16.5. The average molecular weight is 332 g/mol. The molecule has 24 heavy (non-hydrogen) atoms.